The Hall–Kier alpha value is -0.120. The molecule has 3 nitrogen and oxygen atoms in total. The second kappa shape index (κ2) is 4.87. The average molecular weight is 238 g/mol. The SMILES string of the molecule is CC1(CNC2CCN(C3CC3)C2)CCOCC1. The van der Waals surface area contributed by atoms with Gasteiger partial charge in [-0.25, -0.2) is 0 Å². The average Bonchev–Trinajstić information content (AvgIpc) is 3.07. The molecule has 3 rings (SSSR count). The molecular formula is C14H26N2O. The number of nitrogens with one attached hydrogen (secondary N) is 1. The van der Waals surface area contributed by atoms with E-state index in [-0.39, 0.29) is 0 Å². The van der Waals surface area contributed by atoms with E-state index in [1.807, 2.05) is 0 Å². The Morgan fingerprint density at radius 3 is 2.71 bits per heavy atom. The van der Waals surface area contributed by atoms with Crippen molar-refractivity contribution in [3.05, 3.63) is 0 Å². The molecule has 17 heavy (non-hydrogen) atoms. The van der Waals surface area contributed by atoms with E-state index in [0.717, 1.165) is 25.3 Å². The van der Waals surface area contributed by atoms with Gasteiger partial charge in [-0.1, -0.05) is 6.92 Å². The molecule has 0 aromatic heterocycles. The highest BCUT2D eigenvalue weighted by Crippen LogP contribution is 2.31. The van der Waals surface area contributed by atoms with Gasteiger partial charge < -0.3 is 10.1 Å². The predicted octanol–water partition coefficient (Wildman–Crippen LogP) is 1.63. The molecule has 3 aliphatic rings. The summed E-state index contributed by atoms with van der Waals surface area (Å²) < 4.78 is 5.46. The first kappa shape index (κ1) is 11.9. The van der Waals surface area contributed by atoms with Crippen molar-refractivity contribution in [3.8, 4) is 0 Å². The lowest BCUT2D eigenvalue weighted by atomic mass is 9.82. The van der Waals surface area contributed by atoms with Crippen molar-refractivity contribution in [1.29, 1.82) is 0 Å². The van der Waals surface area contributed by atoms with Gasteiger partial charge in [-0.15, -0.1) is 0 Å². The fourth-order valence-electron chi connectivity index (χ4n) is 3.16. The molecule has 1 N–H and O–H groups in total. The third-order valence-corrected chi connectivity index (χ3v) is 4.80. The minimum Gasteiger partial charge on any atom is -0.381 e. The molecule has 0 aromatic rings. The molecule has 0 aromatic carbocycles. The van der Waals surface area contributed by atoms with Gasteiger partial charge in [0.2, 0.25) is 0 Å². The molecule has 2 heterocycles. The predicted molar refractivity (Wildman–Crippen MR) is 69.2 cm³/mol. The molecule has 0 radical (unpaired) electrons. The summed E-state index contributed by atoms with van der Waals surface area (Å²) in [6.07, 6.45) is 6.69. The standard InChI is InChI=1S/C14H26N2O/c1-14(5-8-17-9-6-14)11-15-12-4-7-16(10-12)13-2-3-13/h12-13,15H,2-11H2,1H3. The highest BCUT2D eigenvalue weighted by molar-refractivity contribution is 4.92. The van der Waals surface area contributed by atoms with Crippen LogP contribution in [0.2, 0.25) is 0 Å². The molecule has 1 atom stereocenters. The molecule has 3 heteroatoms. The van der Waals surface area contributed by atoms with Crippen LogP contribution < -0.4 is 5.32 Å². The molecule has 1 unspecified atom stereocenters. The highest BCUT2D eigenvalue weighted by atomic mass is 16.5. The van der Waals surface area contributed by atoms with Crippen LogP contribution in [-0.2, 0) is 4.74 Å². The van der Waals surface area contributed by atoms with Crippen LogP contribution in [0.25, 0.3) is 0 Å². The Labute approximate surface area is 105 Å². The molecule has 0 bridgehead atoms. The van der Waals surface area contributed by atoms with Crippen LogP contribution in [0, 0.1) is 5.41 Å². The second-order valence-corrected chi connectivity index (χ2v) is 6.52. The van der Waals surface area contributed by atoms with E-state index in [2.05, 4.69) is 17.1 Å². The van der Waals surface area contributed by atoms with Crippen LogP contribution in [0.15, 0.2) is 0 Å². The van der Waals surface area contributed by atoms with E-state index in [0.29, 0.717) is 5.41 Å². The molecule has 3 fully saturated rings. The zero-order chi connectivity index (χ0) is 11.7. The highest BCUT2D eigenvalue weighted by Gasteiger charge is 2.35. The molecular weight excluding hydrogens is 212 g/mol. The van der Waals surface area contributed by atoms with Crippen molar-refractivity contribution >= 4 is 0 Å². The molecule has 2 saturated heterocycles. The Balaban J connectivity index is 1.41. The summed E-state index contributed by atoms with van der Waals surface area (Å²) in [5.41, 5.74) is 0.477. The zero-order valence-electron chi connectivity index (χ0n) is 11.1. The number of nitrogens with zero attached hydrogens (tertiary/aromatic N) is 1. The van der Waals surface area contributed by atoms with Crippen LogP contribution >= 0.6 is 0 Å². The van der Waals surface area contributed by atoms with E-state index in [1.54, 1.807) is 0 Å². The summed E-state index contributed by atoms with van der Waals surface area (Å²) in [5.74, 6) is 0. The first-order chi connectivity index (χ1) is 8.25. The lowest BCUT2D eigenvalue weighted by Crippen LogP contribution is -2.42. The fourth-order valence-corrected chi connectivity index (χ4v) is 3.16. The Kier molecular flexibility index (Phi) is 3.42. The van der Waals surface area contributed by atoms with Crippen molar-refractivity contribution in [2.45, 2.75) is 51.1 Å². The molecule has 0 spiro atoms. The molecule has 98 valence electrons. The molecule has 1 aliphatic carbocycles. The molecule has 0 amide bonds. The van der Waals surface area contributed by atoms with E-state index in [1.165, 1.54) is 51.7 Å². The maximum atomic E-state index is 5.46. The van der Waals surface area contributed by atoms with Gasteiger partial charge in [0.25, 0.3) is 0 Å². The van der Waals surface area contributed by atoms with Crippen LogP contribution in [0.3, 0.4) is 0 Å². The number of hydrogen-bond donors (Lipinski definition) is 1. The summed E-state index contributed by atoms with van der Waals surface area (Å²) in [7, 11) is 0. The van der Waals surface area contributed by atoms with Crippen molar-refractivity contribution in [2.75, 3.05) is 32.8 Å². The maximum Gasteiger partial charge on any atom is 0.0471 e. The van der Waals surface area contributed by atoms with Crippen molar-refractivity contribution in [3.63, 3.8) is 0 Å². The first-order valence-corrected chi connectivity index (χ1v) is 7.30. The Morgan fingerprint density at radius 1 is 1.24 bits per heavy atom. The van der Waals surface area contributed by atoms with E-state index in [4.69, 9.17) is 4.74 Å². The number of hydrogen-bond acceptors (Lipinski definition) is 3. The van der Waals surface area contributed by atoms with Gasteiger partial charge >= 0.3 is 0 Å². The minimum absolute atomic E-state index is 0.477. The fraction of sp³-hybridized carbons (Fsp3) is 1.00. The van der Waals surface area contributed by atoms with Gasteiger partial charge in [0.05, 0.1) is 0 Å². The van der Waals surface area contributed by atoms with E-state index in [9.17, 15) is 0 Å². The largest absolute Gasteiger partial charge is 0.381 e. The van der Waals surface area contributed by atoms with Gasteiger partial charge in [0, 0.05) is 44.9 Å². The van der Waals surface area contributed by atoms with Crippen LogP contribution in [0.4, 0.5) is 0 Å². The lowest BCUT2D eigenvalue weighted by Gasteiger charge is -2.34. The minimum atomic E-state index is 0.477. The van der Waals surface area contributed by atoms with Crippen LogP contribution in [0.5, 0.6) is 0 Å². The van der Waals surface area contributed by atoms with Crippen molar-refractivity contribution in [1.82, 2.24) is 10.2 Å². The summed E-state index contributed by atoms with van der Waals surface area (Å²) >= 11 is 0. The summed E-state index contributed by atoms with van der Waals surface area (Å²) in [5, 5.41) is 3.81. The smallest absolute Gasteiger partial charge is 0.0471 e. The van der Waals surface area contributed by atoms with Gasteiger partial charge in [-0.3, -0.25) is 4.90 Å². The first-order valence-electron chi connectivity index (χ1n) is 7.30. The Bertz CT molecular complexity index is 259. The molecule has 2 aliphatic heterocycles. The van der Waals surface area contributed by atoms with Gasteiger partial charge in [-0.2, -0.15) is 0 Å². The normalized spacial score (nSPS) is 34.1. The van der Waals surface area contributed by atoms with Gasteiger partial charge in [0.15, 0.2) is 0 Å². The van der Waals surface area contributed by atoms with Gasteiger partial charge in [0.1, 0.15) is 0 Å². The van der Waals surface area contributed by atoms with E-state index >= 15 is 0 Å². The topological polar surface area (TPSA) is 24.5 Å². The summed E-state index contributed by atoms with van der Waals surface area (Å²) in [4.78, 5) is 2.68. The maximum absolute atomic E-state index is 5.46. The third kappa shape index (κ3) is 3.01. The summed E-state index contributed by atoms with van der Waals surface area (Å²) in [6, 6.07) is 1.69. The van der Waals surface area contributed by atoms with Gasteiger partial charge in [-0.05, 0) is 37.5 Å². The zero-order valence-corrected chi connectivity index (χ0v) is 11.1. The van der Waals surface area contributed by atoms with Crippen molar-refractivity contribution < 1.29 is 4.74 Å². The number of ether oxygens (including phenoxy) is 1. The lowest BCUT2D eigenvalue weighted by molar-refractivity contribution is 0.0230. The van der Waals surface area contributed by atoms with E-state index < -0.39 is 0 Å². The monoisotopic (exact) mass is 238 g/mol. The molecule has 1 saturated carbocycles. The van der Waals surface area contributed by atoms with Crippen LogP contribution in [0.1, 0.15) is 39.0 Å². The Morgan fingerprint density at radius 2 is 2.00 bits per heavy atom. The number of rotatable bonds is 4. The van der Waals surface area contributed by atoms with Crippen molar-refractivity contribution in [2.24, 2.45) is 5.41 Å². The third-order valence-electron chi connectivity index (χ3n) is 4.80. The van der Waals surface area contributed by atoms with Crippen LogP contribution in [-0.4, -0.2) is 49.8 Å². The summed E-state index contributed by atoms with van der Waals surface area (Å²) in [6.45, 7) is 8.11. The number of likely N-dealkylation sites (tertiary alicyclic amines) is 1. The second-order valence-electron chi connectivity index (χ2n) is 6.52. The quantitative estimate of drug-likeness (QED) is 0.805.